The van der Waals surface area contributed by atoms with Crippen LogP contribution in [-0.2, 0) is 0 Å². The van der Waals surface area contributed by atoms with E-state index in [1.165, 1.54) is 65.5 Å². The third kappa shape index (κ3) is 4.85. The van der Waals surface area contributed by atoms with Gasteiger partial charge in [-0.2, -0.15) is 0 Å². The van der Waals surface area contributed by atoms with E-state index in [4.69, 9.17) is 14.4 Å². The summed E-state index contributed by atoms with van der Waals surface area (Å²) in [7, 11) is 0. The molecule has 13 rings (SSSR count). The molecule has 0 spiro atoms. The number of para-hydroxylation sites is 3. The number of pyridine rings is 1. The molecular weight excluding hydrogens is 731 g/mol. The van der Waals surface area contributed by atoms with Gasteiger partial charge in [0, 0.05) is 32.8 Å². The molecule has 0 radical (unpaired) electrons. The van der Waals surface area contributed by atoms with Crippen LogP contribution in [0, 0.1) is 0 Å². The number of aliphatic imine (C=N–C) groups is 1. The Morgan fingerprint density at radius 1 is 0.483 bits per heavy atom. The van der Waals surface area contributed by atoms with Crippen LogP contribution < -0.4 is 0 Å². The molecule has 0 N–H and O–H groups in total. The molecule has 4 heterocycles. The van der Waals surface area contributed by atoms with E-state index in [0.717, 1.165) is 61.8 Å². The first-order chi connectivity index (χ1) is 29.7. The zero-order chi connectivity index (χ0) is 39.5. The van der Waals surface area contributed by atoms with Gasteiger partial charge >= 0.3 is 0 Å². The average Bonchev–Trinajstić information content (AvgIpc) is 3.83. The summed E-state index contributed by atoms with van der Waals surface area (Å²) in [6, 6.07) is 65.7. The summed E-state index contributed by atoms with van der Waals surface area (Å²) < 4.78 is 8.89. The summed E-state index contributed by atoms with van der Waals surface area (Å²) in [6.07, 6.45) is 0.840. The van der Waals surface area contributed by atoms with Crippen molar-refractivity contribution in [3.63, 3.8) is 0 Å². The van der Waals surface area contributed by atoms with Gasteiger partial charge in [-0.1, -0.05) is 140 Å². The predicted molar refractivity (Wildman–Crippen MR) is 250 cm³/mol. The van der Waals surface area contributed by atoms with Gasteiger partial charge in [-0.25, -0.2) is 4.98 Å². The lowest BCUT2D eigenvalue weighted by Crippen LogP contribution is -2.11. The second-order valence-electron chi connectivity index (χ2n) is 16.5. The molecule has 4 heteroatoms. The minimum Gasteiger partial charge on any atom is -0.456 e. The van der Waals surface area contributed by atoms with Crippen molar-refractivity contribution in [3.05, 3.63) is 204 Å². The zero-order valence-corrected chi connectivity index (χ0v) is 32.9. The van der Waals surface area contributed by atoms with Crippen molar-refractivity contribution in [2.75, 3.05) is 0 Å². The number of nitrogens with zero attached hydrogens (tertiary/aromatic N) is 3. The number of benzene rings is 9. The maximum atomic E-state index is 6.53. The van der Waals surface area contributed by atoms with Crippen LogP contribution in [0.25, 0.3) is 93.0 Å². The quantitative estimate of drug-likeness (QED) is 0.168. The third-order valence-corrected chi connectivity index (χ3v) is 13.1. The Balaban J connectivity index is 0.986. The van der Waals surface area contributed by atoms with Gasteiger partial charge in [0.05, 0.1) is 28.3 Å². The lowest BCUT2D eigenvalue weighted by atomic mass is 9.86. The molecule has 2 atom stereocenters. The van der Waals surface area contributed by atoms with E-state index in [1.807, 2.05) is 0 Å². The maximum Gasteiger partial charge on any atom is 0.142 e. The van der Waals surface area contributed by atoms with E-state index < -0.39 is 0 Å². The first-order valence-corrected chi connectivity index (χ1v) is 20.9. The molecule has 1 aliphatic rings. The Labute approximate surface area is 345 Å². The smallest absolute Gasteiger partial charge is 0.142 e. The highest BCUT2D eigenvalue weighted by atomic mass is 16.3. The van der Waals surface area contributed by atoms with Crippen LogP contribution in [0.3, 0.4) is 0 Å². The van der Waals surface area contributed by atoms with Crippen LogP contribution in [0.5, 0.6) is 0 Å². The van der Waals surface area contributed by atoms with Gasteiger partial charge in [0.2, 0.25) is 0 Å². The number of furan rings is 1. The van der Waals surface area contributed by atoms with E-state index in [-0.39, 0.29) is 12.0 Å². The third-order valence-electron chi connectivity index (χ3n) is 13.1. The molecule has 12 aromatic rings. The Kier molecular flexibility index (Phi) is 7.08. The highest BCUT2D eigenvalue weighted by Gasteiger charge is 2.31. The number of aromatic nitrogens is 2. The number of hydrogen-bond acceptors (Lipinski definition) is 3. The van der Waals surface area contributed by atoms with Crippen LogP contribution >= 0.6 is 0 Å². The lowest BCUT2D eigenvalue weighted by molar-refractivity contribution is 0.584. The van der Waals surface area contributed by atoms with Crippen molar-refractivity contribution >= 4 is 87.6 Å². The largest absolute Gasteiger partial charge is 0.456 e. The van der Waals surface area contributed by atoms with E-state index in [9.17, 15) is 0 Å². The summed E-state index contributed by atoms with van der Waals surface area (Å²) in [6.45, 7) is 2.36. The molecule has 2 unspecified atom stereocenters. The maximum absolute atomic E-state index is 6.53. The van der Waals surface area contributed by atoms with Gasteiger partial charge in [0.15, 0.2) is 0 Å². The molecule has 0 saturated heterocycles. The molecule has 0 aliphatic carbocycles. The molecule has 0 fully saturated rings. The standard InChI is InChI=1S/C56H37N3O/c1-33-29-48(57-55(34-13-3-2-4-14-34)54-43-19-9-11-21-49(43)59-50-22-12-10-20-47(50)58-56(59)53(33)54)37-25-28-52-46(32-37)45-31-36(24-27-51(45)60-52)35-23-26-42-40-17-6-5-15-38(40)39-16-7-8-18-41(39)44(42)30-35/h2-28,30-33,48H,29H2,1H3. The summed E-state index contributed by atoms with van der Waals surface area (Å²) in [5.74, 6) is 0.170. The van der Waals surface area contributed by atoms with E-state index in [0.29, 0.717) is 0 Å². The number of rotatable bonds is 3. The summed E-state index contributed by atoms with van der Waals surface area (Å²) >= 11 is 0. The monoisotopic (exact) mass is 767 g/mol. The van der Waals surface area contributed by atoms with E-state index >= 15 is 0 Å². The van der Waals surface area contributed by atoms with E-state index in [2.05, 4.69) is 193 Å². The van der Waals surface area contributed by atoms with Crippen molar-refractivity contribution in [2.24, 2.45) is 4.99 Å². The molecule has 0 saturated carbocycles. The van der Waals surface area contributed by atoms with Crippen LogP contribution in [0.2, 0.25) is 0 Å². The van der Waals surface area contributed by atoms with Crippen molar-refractivity contribution in [1.29, 1.82) is 0 Å². The summed E-state index contributed by atoms with van der Waals surface area (Å²) in [4.78, 5) is 11.1. The average molecular weight is 768 g/mol. The first-order valence-electron chi connectivity index (χ1n) is 20.9. The van der Waals surface area contributed by atoms with Crippen LogP contribution in [0.4, 0.5) is 0 Å². The molecular formula is C56H37N3O. The highest BCUT2D eigenvalue weighted by Crippen LogP contribution is 2.45. The number of imidazole rings is 1. The van der Waals surface area contributed by atoms with Gasteiger partial charge in [0.25, 0.3) is 0 Å². The topological polar surface area (TPSA) is 42.8 Å². The Hall–Kier alpha value is -7.56. The Bertz CT molecular complexity index is 3740. The molecule has 282 valence electrons. The molecule has 60 heavy (non-hydrogen) atoms. The number of fused-ring (bicyclic) bond motifs is 17. The molecule has 4 nitrogen and oxygen atoms in total. The van der Waals surface area contributed by atoms with Crippen molar-refractivity contribution in [2.45, 2.75) is 25.3 Å². The summed E-state index contributed by atoms with van der Waals surface area (Å²) in [5, 5.41) is 11.1. The fourth-order valence-corrected chi connectivity index (χ4v) is 10.3. The van der Waals surface area contributed by atoms with Gasteiger partial charge in [-0.05, 0) is 110 Å². The lowest BCUT2D eigenvalue weighted by Gasteiger charge is -2.19. The number of hydrogen-bond donors (Lipinski definition) is 0. The molecule has 9 aromatic carbocycles. The molecule has 3 aromatic heterocycles. The van der Waals surface area contributed by atoms with Gasteiger partial charge in [-0.15, -0.1) is 0 Å². The minimum absolute atomic E-state index is 0.0908. The Morgan fingerprint density at radius 3 is 1.80 bits per heavy atom. The van der Waals surface area contributed by atoms with Crippen molar-refractivity contribution in [3.8, 4) is 11.1 Å². The molecule has 0 bridgehead atoms. The van der Waals surface area contributed by atoms with Crippen LogP contribution in [0.15, 0.2) is 191 Å². The fraction of sp³-hybridized carbons (Fsp3) is 0.0714. The summed E-state index contributed by atoms with van der Waals surface area (Å²) in [5.41, 5.74) is 14.2. The normalized spacial score (nSPS) is 15.8. The highest BCUT2D eigenvalue weighted by molar-refractivity contribution is 6.26. The van der Waals surface area contributed by atoms with Crippen LogP contribution in [0.1, 0.15) is 47.6 Å². The molecule has 0 amide bonds. The second kappa shape index (κ2) is 12.7. The van der Waals surface area contributed by atoms with Crippen LogP contribution in [-0.4, -0.2) is 15.1 Å². The van der Waals surface area contributed by atoms with Gasteiger partial charge in [0.1, 0.15) is 16.8 Å². The first kappa shape index (κ1) is 33.4. The minimum atomic E-state index is -0.0908. The fourth-order valence-electron chi connectivity index (χ4n) is 10.3. The van der Waals surface area contributed by atoms with Crippen molar-refractivity contribution < 1.29 is 4.42 Å². The van der Waals surface area contributed by atoms with Gasteiger partial charge < -0.3 is 4.42 Å². The second-order valence-corrected chi connectivity index (χ2v) is 16.5. The zero-order valence-electron chi connectivity index (χ0n) is 32.9. The molecule has 1 aliphatic heterocycles. The predicted octanol–water partition coefficient (Wildman–Crippen LogP) is 14.8. The Morgan fingerprint density at radius 2 is 1.05 bits per heavy atom. The SMILES string of the molecule is CC1CC(c2ccc3oc4ccc(-c5ccc6c7ccccc7c7ccccc7c6c5)cc4c3c2)N=C(c2ccccc2)c2c1c1nc3ccccc3n1c1ccccc21. The van der Waals surface area contributed by atoms with E-state index in [1.54, 1.807) is 0 Å². The van der Waals surface area contributed by atoms with Gasteiger partial charge in [-0.3, -0.25) is 9.39 Å². The van der Waals surface area contributed by atoms with Crippen molar-refractivity contribution in [1.82, 2.24) is 9.38 Å².